The van der Waals surface area contributed by atoms with Gasteiger partial charge in [-0.25, -0.2) is 9.97 Å². The van der Waals surface area contributed by atoms with Crippen LogP contribution in [0.25, 0.3) is 0 Å². The standard InChI is InChI=1S/C14H24N4OS/c1-4-15-12-9-13(18-14(17-12)10(2)3)16-11-5-7-20(19)8-6-11/h9-11H,4-8H2,1-3H3,(H2,15,16,17,18). The summed E-state index contributed by atoms with van der Waals surface area (Å²) in [6, 6.07) is 2.33. The summed E-state index contributed by atoms with van der Waals surface area (Å²) in [6.45, 7) is 7.09. The van der Waals surface area contributed by atoms with E-state index in [1.165, 1.54) is 0 Å². The maximum atomic E-state index is 11.4. The second-order valence-electron chi connectivity index (χ2n) is 5.45. The number of rotatable bonds is 5. The molecule has 0 aliphatic carbocycles. The molecule has 1 fully saturated rings. The van der Waals surface area contributed by atoms with Crippen molar-refractivity contribution in [2.45, 2.75) is 45.6 Å². The first-order valence-electron chi connectivity index (χ1n) is 7.33. The molecular weight excluding hydrogens is 272 g/mol. The smallest absolute Gasteiger partial charge is 0.135 e. The zero-order chi connectivity index (χ0) is 14.5. The van der Waals surface area contributed by atoms with Crippen molar-refractivity contribution in [2.24, 2.45) is 0 Å². The van der Waals surface area contributed by atoms with Crippen molar-refractivity contribution in [1.82, 2.24) is 9.97 Å². The number of nitrogens with one attached hydrogen (secondary N) is 2. The number of anilines is 2. The van der Waals surface area contributed by atoms with Gasteiger partial charge in [0.05, 0.1) is 0 Å². The second-order valence-corrected chi connectivity index (χ2v) is 7.14. The highest BCUT2D eigenvalue weighted by atomic mass is 32.2. The molecule has 2 N–H and O–H groups in total. The van der Waals surface area contributed by atoms with E-state index >= 15 is 0 Å². The van der Waals surface area contributed by atoms with Gasteiger partial charge < -0.3 is 10.6 Å². The molecule has 0 saturated carbocycles. The minimum absolute atomic E-state index is 0.299. The third kappa shape index (κ3) is 4.16. The molecule has 1 aliphatic rings. The number of hydrogen-bond donors (Lipinski definition) is 2. The summed E-state index contributed by atoms with van der Waals surface area (Å²) < 4.78 is 11.4. The van der Waals surface area contributed by atoms with Gasteiger partial charge >= 0.3 is 0 Å². The van der Waals surface area contributed by atoms with Crippen LogP contribution in [0.15, 0.2) is 6.07 Å². The van der Waals surface area contributed by atoms with E-state index in [2.05, 4.69) is 41.4 Å². The van der Waals surface area contributed by atoms with Gasteiger partial charge in [-0.15, -0.1) is 0 Å². The minimum Gasteiger partial charge on any atom is -0.370 e. The normalized spacial score (nSPS) is 22.8. The highest BCUT2D eigenvalue weighted by Crippen LogP contribution is 2.20. The predicted octanol–water partition coefficient (Wildman–Crippen LogP) is 2.35. The molecule has 1 aromatic heterocycles. The zero-order valence-corrected chi connectivity index (χ0v) is 13.3. The van der Waals surface area contributed by atoms with E-state index in [0.717, 1.165) is 48.4 Å². The fraction of sp³-hybridized carbons (Fsp3) is 0.714. The summed E-state index contributed by atoms with van der Waals surface area (Å²) in [5, 5.41) is 6.72. The van der Waals surface area contributed by atoms with Crippen molar-refractivity contribution in [1.29, 1.82) is 0 Å². The molecule has 1 aromatic rings. The third-order valence-electron chi connectivity index (χ3n) is 3.36. The Hall–Kier alpha value is -1.17. The highest BCUT2D eigenvalue weighted by molar-refractivity contribution is 7.85. The molecule has 0 atom stereocenters. The molecule has 0 spiro atoms. The lowest BCUT2D eigenvalue weighted by molar-refractivity contribution is 0.621. The van der Waals surface area contributed by atoms with Crippen LogP contribution in [0.4, 0.5) is 11.6 Å². The number of hydrogen-bond acceptors (Lipinski definition) is 5. The fourth-order valence-electron chi connectivity index (χ4n) is 2.22. The lowest BCUT2D eigenvalue weighted by Crippen LogP contribution is -2.30. The largest absolute Gasteiger partial charge is 0.370 e. The predicted molar refractivity (Wildman–Crippen MR) is 84.8 cm³/mol. The average Bonchev–Trinajstić information content (AvgIpc) is 2.41. The van der Waals surface area contributed by atoms with Gasteiger partial charge in [0.25, 0.3) is 0 Å². The summed E-state index contributed by atoms with van der Waals surface area (Å²) in [7, 11) is -0.623. The van der Waals surface area contributed by atoms with Crippen LogP contribution in [0, 0.1) is 0 Å². The van der Waals surface area contributed by atoms with E-state index in [4.69, 9.17) is 0 Å². The maximum absolute atomic E-state index is 11.4. The van der Waals surface area contributed by atoms with Crippen LogP contribution in [0.2, 0.25) is 0 Å². The van der Waals surface area contributed by atoms with Crippen LogP contribution in [-0.2, 0) is 10.8 Å². The van der Waals surface area contributed by atoms with Crippen LogP contribution < -0.4 is 10.6 Å². The third-order valence-corrected chi connectivity index (χ3v) is 4.74. The van der Waals surface area contributed by atoms with Crippen molar-refractivity contribution < 1.29 is 4.21 Å². The molecular formula is C14H24N4OS. The lowest BCUT2D eigenvalue weighted by Gasteiger charge is -2.23. The first-order chi connectivity index (χ1) is 9.58. The molecule has 0 unspecified atom stereocenters. The van der Waals surface area contributed by atoms with E-state index in [1.54, 1.807) is 0 Å². The Bertz CT molecular complexity index is 468. The summed E-state index contributed by atoms with van der Waals surface area (Å²) >= 11 is 0. The topological polar surface area (TPSA) is 66.9 Å². The van der Waals surface area contributed by atoms with E-state index in [1.807, 2.05) is 6.07 Å². The maximum Gasteiger partial charge on any atom is 0.135 e. The SMILES string of the molecule is CCNc1cc(NC2CCS(=O)CC2)nc(C(C)C)n1. The van der Waals surface area contributed by atoms with Gasteiger partial charge in [-0.2, -0.15) is 0 Å². The Labute approximate surface area is 123 Å². The minimum atomic E-state index is -0.623. The van der Waals surface area contributed by atoms with Crippen LogP contribution in [0.1, 0.15) is 45.4 Å². The van der Waals surface area contributed by atoms with Gasteiger partial charge in [-0.05, 0) is 19.8 Å². The summed E-state index contributed by atoms with van der Waals surface area (Å²) in [5.74, 6) is 4.48. The van der Waals surface area contributed by atoms with E-state index in [0.29, 0.717) is 12.0 Å². The van der Waals surface area contributed by atoms with Crippen molar-refractivity contribution in [2.75, 3.05) is 28.7 Å². The van der Waals surface area contributed by atoms with Gasteiger partial charge in [0, 0.05) is 46.9 Å². The molecule has 0 amide bonds. The Morgan fingerprint density at radius 2 is 1.95 bits per heavy atom. The van der Waals surface area contributed by atoms with Crippen LogP contribution in [0.5, 0.6) is 0 Å². The van der Waals surface area contributed by atoms with Crippen molar-refractivity contribution in [3.63, 3.8) is 0 Å². The zero-order valence-electron chi connectivity index (χ0n) is 12.5. The molecule has 6 heteroatoms. The Kier molecular flexibility index (Phi) is 5.34. The molecule has 1 saturated heterocycles. The van der Waals surface area contributed by atoms with Crippen molar-refractivity contribution in [3.05, 3.63) is 11.9 Å². The molecule has 112 valence electrons. The van der Waals surface area contributed by atoms with Crippen molar-refractivity contribution >= 4 is 22.4 Å². The molecule has 0 bridgehead atoms. The Morgan fingerprint density at radius 1 is 1.30 bits per heavy atom. The van der Waals surface area contributed by atoms with E-state index in [9.17, 15) is 4.21 Å². The van der Waals surface area contributed by atoms with Gasteiger partial charge in [0.15, 0.2) is 0 Å². The van der Waals surface area contributed by atoms with Gasteiger partial charge in [0.1, 0.15) is 17.5 Å². The summed E-state index contributed by atoms with van der Waals surface area (Å²) in [4.78, 5) is 9.11. The Balaban J connectivity index is 2.11. The number of nitrogens with zero attached hydrogens (tertiary/aromatic N) is 2. The first kappa shape index (κ1) is 15.2. The molecule has 0 radical (unpaired) electrons. The fourth-order valence-corrected chi connectivity index (χ4v) is 3.52. The second kappa shape index (κ2) is 7.02. The van der Waals surface area contributed by atoms with Gasteiger partial charge in [-0.1, -0.05) is 13.8 Å². The number of aromatic nitrogens is 2. The monoisotopic (exact) mass is 296 g/mol. The lowest BCUT2D eigenvalue weighted by atomic mass is 10.1. The highest BCUT2D eigenvalue weighted by Gasteiger charge is 2.18. The van der Waals surface area contributed by atoms with E-state index < -0.39 is 10.8 Å². The molecule has 0 aromatic carbocycles. The average molecular weight is 296 g/mol. The van der Waals surface area contributed by atoms with E-state index in [-0.39, 0.29) is 0 Å². The molecule has 5 nitrogen and oxygen atoms in total. The molecule has 2 heterocycles. The quantitative estimate of drug-likeness (QED) is 0.873. The summed E-state index contributed by atoms with van der Waals surface area (Å²) in [5.41, 5.74) is 0. The van der Waals surface area contributed by atoms with Gasteiger partial charge in [-0.3, -0.25) is 4.21 Å². The Morgan fingerprint density at radius 3 is 2.55 bits per heavy atom. The van der Waals surface area contributed by atoms with Crippen LogP contribution in [0.3, 0.4) is 0 Å². The van der Waals surface area contributed by atoms with Crippen molar-refractivity contribution in [3.8, 4) is 0 Å². The first-order valence-corrected chi connectivity index (χ1v) is 8.81. The van der Waals surface area contributed by atoms with Crippen LogP contribution >= 0.6 is 0 Å². The van der Waals surface area contributed by atoms with Gasteiger partial charge in [0.2, 0.25) is 0 Å². The van der Waals surface area contributed by atoms with Crippen LogP contribution in [-0.4, -0.2) is 38.3 Å². The summed E-state index contributed by atoms with van der Waals surface area (Å²) in [6.07, 6.45) is 1.90. The molecule has 1 aliphatic heterocycles. The molecule has 20 heavy (non-hydrogen) atoms. The molecule has 2 rings (SSSR count).